The van der Waals surface area contributed by atoms with E-state index in [1.807, 2.05) is 0 Å². The molecule has 120 valence electrons. The van der Waals surface area contributed by atoms with E-state index in [0.29, 0.717) is 30.3 Å². The molecule has 0 saturated heterocycles. The van der Waals surface area contributed by atoms with Gasteiger partial charge in [-0.1, -0.05) is 6.08 Å². The molecule has 22 heavy (non-hydrogen) atoms. The molecule has 0 aliphatic rings. The van der Waals surface area contributed by atoms with Crippen molar-refractivity contribution >= 4 is 17.5 Å². The molecular weight excluding hydrogens is 284 g/mol. The first-order valence-electron chi connectivity index (χ1n) is 6.90. The van der Waals surface area contributed by atoms with Crippen molar-refractivity contribution in [2.45, 2.75) is 13.3 Å². The fourth-order valence-electron chi connectivity index (χ4n) is 1.91. The van der Waals surface area contributed by atoms with E-state index in [0.717, 1.165) is 0 Å². The fourth-order valence-corrected chi connectivity index (χ4v) is 1.91. The Morgan fingerprint density at radius 2 is 1.95 bits per heavy atom. The normalized spacial score (nSPS) is 9.77. The Morgan fingerprint density at radius 3 is 2.50 bits per heavy atom. The van der Waals surface area contributed by atoms with Crippen molar-refractivity contribution in [3.8, 4) is 11.5 Å². The van der Waals surface area contributed by atoms with Gasteiger partial charge in [-0.15, -0.1) is 6.58 Å². The summed E-state index contributed by atoms with van der Waals surface area (Å²) in [7, 11) is 3.08. The van der Waals surface area contributed by atoms with Gasteiger partial charge in [-0.05, 0) is 12.1 Å². The van der Waals surface area contributed by atoms with Crippen LogP contribution in [-0.2, 0) is 9.59 Å². The van der Waals surface area contributed by atoms with Gasteiger partial charge in [0.2, 0.25) is 11.8 Å². The first-order valence-corrected chi connectivity index (χ1v) is 6.90. The average molecular weight is 306 g/mol. The van der Waals surface area contributed by atoms with Crippen LogP contribution in [-0.4, -0.2) is 44.0 Å². The largest absolute Gasteiger partial charge is 0.493 e. The van der Waals surface area contributed by atoms with Crippen molar-refractivity contribution in [2.75, 3.05) is 32.6 Å². The molecule has 0 aromatic heterocycles. The summed E-state index contributed by atoms with van der Waals surface area (Å²) < 4.78 is 10.3. The van der Waals surface area contributed by atoms with Gasteiger partial charge < -0.3 is 19.7 Å². The number of amides is 2. The Labute approximate surface area is 130 Å². The summed E-state index contributed by atoms with van der Waals surface area (Å²) in [6.07, 6.45) is 1.84. The monoisotopic (exact) mass is 306 g/mol. The summed E-state index contributed by atoms with van der Waals surface area (Å²) in [5.74, 6) is 0.868. The van der Waals surface area contributed by atoms with Crippen LogP contribution in [0.1, 0.15) is 13.3 Å². The molecule has 0 radical (unpaired) electrons. The molecule has 1 N–H and O–H groups in total. The first-order chi connectivity index (χ1) is 10.5. The highest BCUT2D eigenvalue weighted by Crippen LogP contribution is 2.29. The molecule has 6 heteroatoms. The molecule has 2 amide bonds. The van der Waals surface area contributed by atoms with E-state index in [9.17, 15) is 9.59 Å². The summed E-state index contributed by atoms with van der Waals surface area (Å²) >= 11 is 0. The lowest BCUT2D eigenvalue weighted by molar-refractivity contribution is -0.128. The molecule has 1 rings (SSSR count). The van der Waals surface area contributed by atoms with Crippen LogP contribution in [0.4, 0.5) is 5.69 Å². The number of carbonyl (C=O) groups is 2. The van der Waals surface area contributed by atoms with Crippen molar-refractivity contribution in [2.24, 2.45) is 0 Å². The van der Waals surface area contributed by atoms with E-state index in [2.05, 4.69) is 11.9 Å². The number of methoxy groups -OCH3 is 2. The van der Waals surface area contributed by atoms with Gasteiger partial charge in [0.25, 0.3) is 0 Å². The summed E-state index contributed by atoms with van der Waals surface area (Å²) in [4.78, 5) is 24.9. The van der Waals surface area contributed by atoms with E-state index >= 15 is 0 Å². The number of hydrogen-bond donors (Lipinski definition) is 1. The molecule has 0 spiro atoms. The molecule has 0 heterocycles. The van der Waals surface area contributed by atoms with Gasteiger partial charge in [-0.2, -0.15) is 0 Å². The third-order valence-corrected chi connectivity index (χ3v) is 3.07. The predicted molar refractivity (Wildman–Crippen MR) is 85.2 cm³/mol. The van der Waals surface area contributed by atoms with Crippen LogP contribution in [0.5, 0.6) is 11.5 Å². The van der Waals surface area contributed by atoms with Gasteiger partial charge >= 0.3 is 0 Å². The molecule has 0 fully saturated rings. The maximum Gasteiger partial charge on any atom is 0.226 e. The van der Waals surface area contributed by atoms with Crippen molar-refractivity contribution in [3.05, 3.63) is 30.9 Å². The zero-order valence-corrected chi connectivity index (χ0v) is 13.2. The number of nitrogens with zero attached hydrogens (tertiary/aromatic N) is 1. The Hall–Kier alpha value is -2.50. The van der Waals surface area contributed by atoms with Crippen LogP contribution in [0.3, 0.4) is 0 Å². The topological polar surface area (TPSA) is 67.9 Å². The summed E-state index contributed by atoms with van der Waals surface area (Å²) in [5, 5.41) is 2.77. The van der Waals surface area contributed by atoms with E-state index in [1.54, 1.807) is 36.3 Å². The van der Waals surface area contributed by atoms with Gasteiger partial charge in [-0.3, -0.25) is 9.59 Å². The number of nitrogens with one attached hydrogen (secondary N) is 1. The number of hydrogen-bond acceptors (Lipinski definition) is 4. The van der Waals surface area contributed by atoms with Crippen LogP contribution in [0.2, 0.25) is 0 Å². The predicted octanol–water partition coefficient (Wildman–Crippen LogP) is 2.07. The quantitative estimate of drug-likeness (QED) is 0.747. The zero-order valence-electron chi connectivity index (χ0n) is 13.2. The van der Waals surface area contributed by atoms with Gasteiger partial charge in [0, 0.05) is 38.2 Å². The van der Waals surface area contributed by atoms with Crippen molar-refractivity contribution in [3.63, 3.8) is 0 Å². The van der Waals surface area contributed by atoms with Crippen LogP contribution in [0.15, 0.2) is 30.9 Å². The summed E-state index contributed by atoms with van der Waals surface area (Å²) in [6.45, 7) is 5.84. The highest BCUT2D eigenvalue weighted by molar-refractivity contribution is 5.91. The minimum Gasteiger partial charge on any atom is -0.493 e. The summed E-state index contributed by atoms with van der Waals surface area (Å²) in [5.41, 5.74) is 0.612. The number of carbonyl (C=O) groups excluding carboxylic acids is 2. The van der Waals surface area contributed by atoms with E-state index in [-0.39, 0.29) is 18.2 Å². The minimum atomic E-state index is -0.178. The van der Waals surface area contributed by atoms with Crippen LogP contribution >= 0.6 is 0 Å². The van der Waals surface area contributed by atoms with Crippen molar-refractivity contribution in [1.29, 1.82) is 0 Å². The van der Waals surface area contributed by atoms with E-state index < -0.39 is 0 Å². The van der Waals surface area contributed by atoms with Crippen molar-refractivity contribution < 1.29 is 19.1 Å². The number of ether oxygens (including phenoxy) is 2. The van der Waals surface area contributed by atoms with E-state index in [4.69, 9.17) is 9.47 Å². The third kappa shape index (κ3) is 5.12. The Morgan fingerprint density at radius 1 is 1.27 bits per heavy atom. The van der Waals surface area contributed by atoms with Crippen LogP contribution < -0.4 is 14.8 Å². The average Bonchev–Trinajstić information content (AvgIpc) is 2.50. The molecule has 0 aliphatic carbocycles. The molecule has 1 aromatic rings. The van der Waals surface area contributed by atoms with Crippen LogP contribution in [0, 0.1) is 0 Å². The Kier molecular flexibility index (Phi) is 6.95. The van der Waals surface area contributed by atoms with Gasteiger partial charge in [0.1, 0.15) is 0 Å². The fraction of sp³-hybridized carbons (Fsp3) is 0.375. The molecule has 6 nitrogen and oxygen atoms in total. The third-order valence-electron chi connectivity index (χ3n) is 3.07. The lowest BCUT2D eigenvalue weighted by atomic mass is 10.2. The molecule has 0 atom stereocenters. The van der Waals surface area contributed by atoms with Gasteiger partial charge in [0.15, 0.2) is 11.5 Å². The molecule has 0 saturated carbocycles. The Balaban J connectivity index is 2.61. The van der Waals surface area contributed by atoms with Gasteiger partial charge in [-0.25, -0.2) is 0 Å². The smallest absolute Gasteiger partial charge is 0.226 e. The molecule has 0 bridgehead atoms. The molecule has 1 aromatic carbocycles. The summed E-state index contributed by atoms with van der Waals surface area (Å²) in [6, 6.07) is 5.13. The zero-order chi connectivity index (χ0) is 16.5. The second kappa shape index (κ2) is 8.71. The van der Waals surface area contributed by atoms with Crippen molar-refractivity contribution in [1.82, 2.24) is 4.90 Å². The number of anilines is 1. The first kappa shape index (κ1) is 17.6. The number of rotatable bonds is 8. The standard InChI is InChI=1S/C16H22N2O4/c1-5-9-18(12(2)19)10-8-16(20)17-13-6-7-14(21-3)15(11-13)22-4/h5-7,11H,1,8-10H2,2-4H3,(H,17,20). The SMILES string of the molecule is C=CCN(CCC(=O)Nc1ccc(OC)c(OC)c1)C(C)=O. The highest BCUT2D eigenvalue weighted by atomic mass is 16.5. The number of benzene rings is 1. The highest BCUT2D eigenvalue weighted by Gasteiger charge is 2.11. The lowest BCUT2D eigenvalue weighted by Crippen LogP contribution is -2.32. The van der Waals surface area contributed by atoms with Crippen LogP contribution in [0.25, 0.3) is 0 Å². The molecular formula is C16H22N2O4. The van der Waals surface area contributed by atoms with Gasteiger partial charge in [0.05, 0.1) is 14.2 Å². The maximum atomic E-state index is 12.0. The minimum absolute atomic E-state index is 0.0844. The Bertz CT molecular complexity index is 543. The lowest BCUT2D eigenvalue weighted by Gasteiger charge is -2.18. The van der Waals surface area contributed by atoms with E-state index in [1.165, 1.54) is 14.0 Å². The second-order valence-corrected chi connectivity index (χ2v) is 4.62. The molecule has 0 aliphatic heterocycles. The maximum absolute atomic E-state index is 12.0. The second-order valence-electron chi connectivity index (χ2n) is 4.62. The molecule has 0 unspecified atom stereocenters.